The summed E-state index contributed by atoms with van der Waals surface area (Å²) in [4.78, 5) is 16.6. The summed E-state index contributed by atoms with van der Waals surface area (Å²) >= 11 is 1.36. The summed E-state index contributed by atoms with van der Waals surface area (Å²) in [5, 5.41) is 24.7. The minimum atomic E-state index is -0.912. The lowest BCUT2D eigenvalue weighted by atomic mass is 10.00. The highest BCUT2D eigenvalue weighted by Crippen LogP contribution is 2.41. The van der Waals surface area contributed by atoms with Crippen molar-refractivity contribution in [1.29, 1.82) is 5.26 Å². The SMILES string of the molecule is CC(C)(O)Cn1ncc2cc(-c3sc(C(=O)N4CCCC(N)C4)cc3-c3ccc(C#N)c(F)c3)ccc21. The number of halogens is 1. The zero-order chi connectivity index (χ0) is 26.3. The van der Waals surface area contributed by atoms with Crippen LogP contribution in [0.25, 0.3) is 32.5 Å². The number of hydrogen-bond donors (Lipinski definition) is 2. The predicted octanol–water partition coefficient (Wildman–Crippen LogP) is 4.78. The number of likely N-dealkylation sites (tertiary alicyclic amines) is 1. The molecule has 1 amide bonds. The van der Waals surface area contributed by atoms with Gasteiger partial charge in [0, 0.05) is 35.0 Å². The van der Waals surface area contributed by atoms with Gasteiger partial charge >= 0.3 is 0 Å². The molecule has 7 nitrogen and oxygen atoms in total. The third-order valence-electron chi connectivity index (χ3n) is 6.53. The Morgan fingerprint density at radius 2 is 2.05 bits per heavy atom. The molecule has 0 saturated carbocycles. The monoisotopic (exact) mass is 517 g/mol. The van der Waals surface area contributed by atoms with Crippen LogP contribution in [0.3, 0.4) is 0 Å². The maximum absolute atomic E-state index is 14.6. The van der Waals surface area contributed by atoms with Gasteiger partial charge in [0.05, 0.1) is 34.3 Å². The van der Waals surface area contributed by atoms with Gasteiger partial charge in [-0.3, -0.25) is 9.48 Å². The van der Waals surface area contributed by atoms with E-state index in [1.807, 2.05) is 30.3 Å². The molecule has 2 aromatic carbocycles. The van der Waals surface area contributed by atoms with Crippen LogP contribution in [-0.2, 0) is 6.54 Å². The minimum Gasteiger partial charge on any atom is -0.389 e. The average molecular weight is 518 g/mol. The maximum Gasteiger partial charge on any atom is 0.264 e. The molecule has 1 unspecified atom stereocenters. The van der Waals surface area contributed by atoms with Crippen molar-refractivity contribution in [3.63, 3.8) is 0 Å². The number of carbonyl (C=O) groups excluding carboxylic acids is 1. The van der Waals surface area contributed by atoms with Crippen LogP contribution in [0.5, 0.6) is 0 Å². The first-order valence-corrected chi connectivity index (χ1v) is 13.0. The molecule has 0 bridgehead atoms. The van der Waals surface area contributed by atoms with E-state index in [1.165, 1.54) is 23.5 Å². The second-order valence-corrected chi connectivity index (χ2v) is 11.3. The number of piperidine rings is 1. The number of rotatable bonds is 5. The van der Waals surface area contributed by atoms with Gasteiger partial charge in [0.1, 0.15) is 11.9 Å². The highest BCUT2D eigenvalue weighted by molar-refractivity contribution is 7.18. The summed E-state index contributed by atoms with van der Waals surface area (Å²) in [6.45, 7) is 4.99. The number of thiophene rings is 1. The molecule has 9 heteroatoms. The zero-order valence-electron chi connectivity index (χ0n) is 20.7. The Bertz CT molecular complexity index is 1530. The van der Waals surface area contributed by atoms with Crippen LogP contribution in [0.2, 0.25) is 0 Å². The number of nitrogens with zero attached hydrogens (tertiary/aromatic N) is 4. The molecule has 190 valence electrons. The summed E-state index contributed by atoms with van der Waals surface area (Å²) in [7, 11) is 0. The van der Waals surface area contributed by atoms with Crippen LogP contribution >= 0.6 is 11.3 Å². The van der Waals surface area contributed by atoms with Crippen LogP contribution in [0.15, 0.2) is 48.7 Å². The molecule has 2 aromatic heterocycles. The van der Waals surface area contributed by atoms with Gasteiger partial charge in [-0.15, -0.1) is 11.3 Å². The van der Waals surface area contributed by atoms with Gasteiger partial charge in [-0.2, -0.15) is 10.4 Å². The van der Waals surface area contributed by atoms with Gasteiger partial charge in [0.25, 0.3) is 5.91 Å². The van der Waals surface area contributed by atoms with Gasteiger partial charge in [-0.05, 0) is 68.1 Å². The number of aromatic nitrogens is 2. The number of aliphatic hydroxyl groups is 1. The molecule has 37 heavy (non-hydrogen) atoms. The first-order valence-electron chi connectivity index (χ1n) is 12.2. The average Bonchev–Trinajstić information content (AvgIpc) is 3.47. The van der Waals surface area contributed by atoms with E-state index in [2.05, 4.69) is 5.10 Å². The normalized spacial score (nSPS) is 16.2. The fraction of sp³-hybridized carbons (Fsp3) is 0.321. The summed E-state index contributed by atoms with van der Waals surface area (Å²) < 4.78 is 16.3. The first kappa shape index (κ1) is 25.1. The minimum absolute atomic E-state index is 0.0280. The Morgan fingerprint density at radius 3 is 2.76 bits per heavy atom. The highest BCUT2D eigenvalue weighted by atomic mass is 32.1. The van der Waals surface area contributed by atoms with Crippen molar-refractivity contribution in [1.82, 2.24) is 14.7 Å². The van der Waals surface area contributed by atoms with E-state index < -0.39 is 11.4 Å². The van der Waals surface area contributed by atoms with Gasteiger partial charge in [-0.25, -0.2) is 4.39 Å². The quantitative estimate of drug-likeness (QED) is 0.396. The zero-order valence-corrected chi connectivity index (χ0v) is 21.6. The van der Waals surface area contributed by atoms with Gasteiger partial charge in [0.2, 0.25) is 0 Å². The van der Waals surface area contributed by atoms with Crippen LogP contribution in [-0.4, -0.2) is 50.4 Å². The van der Waals surface area contributed by atoms with Gasteiger partial charge < -0.3 is 15.7 Å². The van der Waals surface area contributed by atoms with Crippen molar-refractivity contribution in [3.8, 4) is 27.6 Å². The number of fused-ring (bicyclic) bond motifs is 1. The van der Waals surface area contributed by atoms with Crippen molar-refractivity contribution >= 4 is 28.1 Å². The molecule has 0 radical (unpaired) electrons. The van der Waals surface area contributed by atoms with Crippen LogP contribution < -0.4 is 5.73 Å². The lowest BCUT2D eigenvalue weighted by Gasteiger charge is -2.30. The van der Waals surface area contributed by atoms with Crippen LogP contribution in [0.1, 0.15) is 41.9 Å². The van der Waals surface area contributed by atoms with Crippen molar-refractivity contribution in [2.24, 2.45) is 5.73 Å². The molecular weight excluding hydrogens is 489 g/mol. The number of nitriles is 1. The third kappa shape index (κ3) is 5.14. The van der Waals surface area contributed by atoms with E-state index in [1.54, 1.807) is 35.7 Å². The fourth-order valence-electron chi connectivity index (χ4n) is 4.77. The molecule has 3 heterocycles. The summed E-state index contributed by atoms with van der Waals surface area (Å²) in [6.07, 6.45) is 3.51. The van der Waals surface area contributed by atoms with Crippen LogP contribution in [0.4, 0.5) is 4.39 Å². The molecule has 1 aliphatic rings. The number of nitrogens with two attached hydrogens (primary N) is 1. The number of hydrogen-bond acceptors (Lipinski definition) is 6. The molecule has 1 saturated heterocycles. The second-order valence-electron chi connectivity index (χ2n) is 10.2. The molecule has 1 fully saturated rings. The van der Waals surface area contributed by atoms with Crippen molar-refractivity contribution in [2.75, 3.05) is 13.1 Å². The standard InChI is InChI=1S/C28H28FN5O2S/c1-28(2,36)16-34-24-8-7-18(10-20(24)14-32-34)26-22(17-5-6-19(13-30)23(29)11-17)12-25(37-26)27(35)33-9-3-4-21(31)15-33/h5-8,10-12,14,21,36H,3-4,9,15-16,31H2,1-2H3. The Labute approximate surface area is 218 Å². The number of carbonyl (C=O) groups is 1. The van der Waals surface area contributed by atoms with Gasteiger partial charge in [-0.1, -0.05) is 12.1 Å². The molecule has 1 atom stereocenters. The summed E-state index contributed by atoms with van der Waals surface area (Å²) in [5.74, 6) is -0.684. The van der Waals surface area contributed by atoms with Crippen molar-refractivity contribution < 1.29 is 14.3 Å². The molecule has 5 rings (SSSR count). The molecule has 0 aliphatic carbocycles. The topological polar surface area (TPSA) is 108 Å². The molecule has 3 N–H and O–H groups in total. The molecule has 0 spiro atoms. The lowest BCUT2D eigenvalue weighted by Crippen LogP contribution is -2.45. The van der Waals surface area contributed by atoms with Crippen molar-refractivity contribution in [2.45, 2.75) is 44.9 Å². The van der Waals surface area contributed by atoms with E-state index in [0.29, 0.717) is 30.1 Å². The smallest absolute Gasteiger partial charge is 0.264 e. The largest absolute Gasteiger partial charge is 0.389 e. The maximum atomic E-state index is 14.6. The van der Waals surface area contributed by atoms with Gasteiger partial charge in [0.15, 0.2) is 0 Å². The summed E-state index contributed by atoms with van der Waals surface area (Å²) in [5.41, 5.74) is 8.24. The lowest BCUT2D eigenvalue weighted by molar-refractivity contribution is 0.0591. The molecule has 1 aliphatic heterocycles. The number of benzene rings is 2. The number of amides is 1. The first-order chi connectivity index (χ1) is 17.6. The molecule has 4 aromatic rings. The second kappa shape index (κ2) is 9.71. The van der Waals surface area contributed by atoms with E-state index in [4.69, 9.17) is 11.0 Å². The van der Waals surface area contributed by atoms with Crippen molar-refractivity contribution in [3.05, 3.63) is 64.9 Å². The third-order valence-corrected chi connectivity index (χ3v) is 7.70. The van der Waals surface area contributed by atoms with E-state index in [9.17, 15) is 14.3 Å². The Kier molecular flexibility index (Phi) is 6.58. The van der Waals surface area contributed by atoms with E-state index >= 15 is 0 Å². The van der Waals surface area contributed by atoms with E-state index in [0.717, 1.165) is 39.7 Å². The summed E-state index contributed by atoms with van der Waals surface area (Å²) in [6, 6.07) is 14.0. The Balaban J connectivity index is 1.60. The van der Waals surface area contributed by atoms with E-state index in [-0.39, 0.29) is 17.5 Å². The molecular formula is C28H28FN5O2S. The Hall–Kier alpha value is -3.58. The fourth-order valence-corrected chi connectivity index (χ4v) is 5.91. The Morgan fingerprint density at radius 1 is 1.27 bits per heavy atom. The van der Waals surface area contributed by atoms with Crippen LogP contribution in [0, 0.1) is 17.1 Å². The highest BCUT2D eigenvalue weighted by Gasteiger charge is 2.26. The predicted molar refractivity (Wildman–Crippen MR) is 143 cm³/mol.